The third-order valence-corrected chi connectivity index (χ3v) is 2.65. The molecular formula is C11H12ClFN4. The molecule has 0 atom stereocenters. The Morgan fingerprint density at radius 3 is 2.94 bits per heavy atom. The molecule has 0 saturated heterocycles. The maximum absolute atomic E-state index is 13.4. The molecule has 2 rings (SSSR count). The molecule has 4 nitrogen and oxygen atoms in total. The van der Waals surface area contributed by atoms with E-state index in [-0.39, 0.29) is 5.82 Å². The van der Waals surface area contributed by atoms with Gasteiger partial charge in [-0.15, -0.1) is 10.2 Å². The van der Waals surface area contributed by atoms with Gasteiger partial charge in [-0.3, -0.25) is 0 Å². The van der Waals surface area contributed by atoms with Crippen molar-refractivity contribution in [1.29, 1.82) is 0 Å². The number of rotatable bonds is 4. The van der Waals surface area contributed by atoms with Crippen molar-refractivity contribution in [2.75, 3.05) is 0 Å². The second kappa shape index (κ2) is 5.25. The summed E-state index contributed by atoms with van der Waals surface area (Å²) < 4.78 is 15.2. The third-order valence-electron chi connectivity index (χ3n) is 2.41. The number of aryl methyl sites for hydroxylation is 1. The number of hydrogen-bond acceptors (Lipinski definition) is 3. The number of halogens is 2. The molecule has 1 N–H and O–H groups in total. The monoisotopic (exact) mass is 254 g/mol. The summed E-state index contributed by atoms with van der Waals surface area (Å²) >= 11 is 5.80. The van der Waals surface area contributed by atoms with Crippen molar-refractivity contribution >= 4 is 11.6 Å². The van der Waals surface area contributed by atoms with Gasteiger partial charge in [-0.05, 0) is 18.2 Å². The van der Waals surface area contributed by atoms with Gasteiger partial charge in [0.1, 0.15) is 18.0 Å². The summed E-state index contributed by atoms with van der Waals surface area (Å²) in [5.41, 5.74) is 0.541. The summed E-state index contributed by atoms with van der Waals surface area (Å²) in [5.74, 6) is 0.535. The SMILES string of the molecule is Cn1cnnc1CNCc1cc(Cl)ccc1F. The molecule has 0 unspecified atom stereocenters. The average molecular weight is 255 g/mol. The molecule has 0 aliphatic heterocycles. The first-order chi connectivity index (χ1) is 8.16. The lowest BCUT2D eigenvalue weighted by Crippen LogP contribution is -2.16. The average Bonchev–Trinajstić information content (AvgIpc) is 2.70. The van der Waals surface area contributed by atoms with Crippen molar-refractivity contribution < 1.29 is 4.39 Å². The van der Waals surface area contributed by atoms with Crippen LogP contribution >= 0.6 is 11.6 Å². The molecule has 6 heteroatoms. The molecule has 1 aromatic heterocycles. The smallest absolute Gasteiger partial charge is 0.146 e. The zero-order chi connectivity index (χ0) is 12.3. The predicted octanol–water partition coefficient (Wildman–Crippen LogP) is 1.90. The van der Waals surface area contributed by atoms with Crippen LogP contribution in [0.5, 0.6) is 0 Å². The van der Waals surface area contributed by atoms with Crippen LogP contribution in [0.3, 0.4) is 0 Å². The van der Waals surface area contributed by atoms with Crippen LogP contribution in [0.15, 0.2) is 24.5 Å². The summed E-state index contributed by atoms with van der Waals surface area (Å²) in [5, 5.41) is 11.3. The fourth-order valence-corrected chi connectivity index (χ4v) is 1.65. The molecule has 1 heterocycles. The van der Waals surface area contributed by atoms with E-state index < -0.39 is 0 Å². The van der Waals surface area contributed by atoms with Crippen molar-refractivity contribution in [3.63, 3.8) is 0 Å². The van der Waals surface area contributed by atoms with Gasteiger partial charge in [0.2, 0.25) is 0 Å². The van der Waals surface area contributed by atoms with Crippen LogP contribution in [0, 0.1) is 5.82 Å². The van der Waals surface area contributed by atoms with E-state index >= 15 is 0 Å². The molecule has 1 aromatic carbocycles. The zero-order valence-corrected chi connectivity index (χ0v) is 10.1. The molecular weight excluding hydrogens is 243 g/mol. The van der Waals surface area contributed by atoms with Crippen LogP contribution in [0.4, 0.5) is 4.39 Å². The lowest BCUT2D eigenvalue weighted by Gasteiger charge is -2.06. The fraction of sp³-hybridized carbons (Fsp3) is 0.273. The molecule has 0 aliphatic rings. The third kappa shape index (κ3) is 3.01. The highest BCUT2D eigenvalue weighted by atomic mass is 35.5. The van der Waals surface area contributed by atoms with E-state index in [1.807, 2.05) is 7.05 Å². The molecule has 17 heavy (non-hydrogen) atoms. The lowest BCUT2D eigenvalue weighted by molar-refractivity contribution is 0.577. The van der Waals surface area contributed by atoms with Gasteiger partial charge >= 0.3 is 0 Å². The maximum Gasteiger partial charge on any atom is 0.146 e. The normalized spacial score (nSPS) is 10.8. The van der Waals surface area contributed by atoms with Gasteiger partial charge in [0, 0.05) is 24.2 Å². The Morgan fingerprint density at radius 2 is 2.24 bits per heavy atom. The van der Waals surface area contributed by atoms with Crippen molar-refractivity contribution in [3.05, 3.63) is 46.8 Å². The Morgan fingerprint density at radius 1 is 1.41 bits per heavy atom. The Bertz CT molecular complexity index is 512. The van der Waals surface area contributed by atoms with Gasteiger partial charge in [0.25, 0.3) is 0 Å². The molecule has 0 aliphatic carbocycles. The molecule has 0 bridgehead atoms. The molecule has 0 spiro atoms. The maximum atomic E-state index is 13.4. The molecule has 90 valence electrons. The second-order valence-corrected chi connectivity index (χ2v) is 4.13. The quantitative estimate of drug-likeness (QED) is 0.906. The van der Waals surface area contributed by atoms with Crippen molar-refractivity contribution in [3.8, 4) is 0 Å². The van der Waals surface area contributed by atoms with Crippen LogP contribution in [0.1, 0.15) is 11.4 Å². The highest BCUT2D eigenvalue weighted by Gasteiger charge is 2.04. The second-order valence-electron chi connectivity index (χ2n) is 3.70. The minimum Gasteiger partial charge on any atom is -0.320 e. The first-order valence-electron chi connectivity index (χ1n) is 5.14. The van der Waals surface area contributed by atoms with E-state index in [0.29, 0.717) is 23.7 Å². The van der Waals surface area contributed by atoms with Crippen LogP contribution < -0.4 is 5.32 Å². The van der Waals surface area contributed by atoms with Gasteiger partial charge in [-0.2, -0.15) is 0 Å². The lowest BCUT2D eigenvalue weighted by atomic mass is 10.2. The number of nitrogens with zero attached hydrogens (tertiary/aromatic N) is 3. The predicted molar refractivity (Wildman–Crippen MR) is 63.0 cm³/mol. The van der Waals surface area contributed by atoms with E-state index in [0.717, 1.165) is 5.82 Å². The fourth-order valence-electron chi connectivity index (χ4n) is 1.45. The minimum atomic E-state index is -0.264. The van der Waals surface area contributed by atoms with Gasteiger partial charge in [-0.25, -0.2) is 4.39 Å². The minimum absolute atomic E-state index is 0.264. The Hall–Kier alpha value is -1.46. The topological polar surface area (TPSA) is 42.7 Å². The number of nitrogens with one attached hydrogen (secondary N) is 1. The van der Waals surface area contributed by atoms with Gasteiger partial charge in [0.15, 0.2) is 0 Å². The van der Waals surface area contributed by atoms with Crippen LogP contribution in [-0.4, -0.2) is 14.8 Å². The largest absolute Gasteiger partial charge is 0.320 e. The molecule has 2 aromatic rings. The molecule has 0 radical (unpaired) electrons. The summed E-state index contributed by atoms with van der Waals surface area (Å²) in [6.07, 6.45) is 1.62. The Labute approximate surface area is 103 Å². The van der Waals surface area contributed by atoms with Crippen LogP contribution in [0.25, 0.3) is 0 Å². The van der Waals surface area contributed by atoms with Crippen molar-refractivity contribution in [2.24, 2.45) is 7.05 Å². The highest BCUT2D eigenvalue weighted by molar-refractivity contribution is 6.30. The summed E-state index contributed by atoms with van der Waals surface area (Å²) in [6, 6.07) is 4.51. The highest BCUT2D eigenvalue weighted by Crippen LogP contribution is 2.14. The Balaban J connectivity index is 1.94. The first-order valence-corrected chi connectivity index (χ1v) is 5.52. The van der Waals surface area contributed by atoms with E-state index in [1.54, 1.807) is 17.0 Å². The molecule has 0 amide bonds. The number of benzene rings is 1. The van der Waals surface area contributed by atoms with Crippen molar-refractivity contribution in [2.45, 2.75) is 13.1 Å². The van der Waals surface area contributed by atoms with Crippen LogP contribution in [-0.2, 0) is 20.1 Å². The number of hydrogen-bond donors (Lipinski definition) is 1. The summed E-state index contributed by atoms with van der Waals surface area (Å²) in [7, 11) is 1.86. The molecule has 0 fully saturated rings. The van der Waals surface area contributed by atoms with Crippen molar-refractivity contribution in [1.82, 2.24) is 20.1 Å². The van der Waals surface area contributed by atoms with Crippen LogP contribution in [0.2, 0.25) is 5.02 Å². The standard InChI is InChI=1S/C11H12ClFN4/c1-17-7-15-16-11(17)6-14-5-8-4-9(12)2-3-10(8)13/h2-4,7,14H,5-6H2,1H3. The van der Waals surface area contributed by atoms with E-state index in [4.69, 9.17) is 11.6 Å². The van der Waals surface area contributed by atoms with Gasteiger partial charge in [-0.1, -0.05) is 11.6 Å². The van der Waals surface area contributed by atoms with E-state index in [1.165, 1.54) is 12.1 Å². The van der Waals surface area contributed by atoms with E-state index in [2.05, 4.69) is 15.5 Å². The first kappa shape index (κ1) is 12.0. The summed E-state index contributed by atoms with van der Waals surface area (Å²) in [6.45, 7) is 0.932. The van der Waals surface area contributed by atoms with Gasteiger partial charge < -0.3 is 9.88 Å². The zero-order valence-electron chi connectivity index (χ0n) is 9.32. The Kier molecular flexibility index (Phi) is 3.71. The summed E-state index contributed by atoms with van der Waals surface area (Å²) in [4.78, 5) is 0. The molecule has 0 saturated carbocycles. The van der Waals surface area contributed by atoms with Gasteiger partial charge in [0.05, 0.1) is 6.54 Å². The number of aromatic nitrogens is 3. The van der Waals surface area contributed by atoms with E-state index in [9.17, 15) is 4.39 Å².